The highest BCUT2D eigenvalue weighted by molar-refractivity contribution is 8.18. The van der Waals surface area contributed by atoms with Gasteiger partial charge in [0.05, 0.1) is 4.91 Å². The van der Waals surface area contributed by atoms with Crippen LogP contribution in [0.25, 0.3) is 6.08 Å². The van der Waals surface area contributed by atoms with Crippen molar-refractivity contribution < 1.29 is 4.79 Å². The number of carbonyl (C=O) groups excluding carboxylic acids is 1. The average Bonchev–Trinajstić information content (AvgIpc) is 3.13. The van der Waals surface area contributed by atoms with E-state index in [1.165, 1.54) is 23.1 Å². The van der Waals surface area contributed by atoms with E-state index in [1.54, 1.807) is 29.6 Å². The van der Waals surface area contributed by atoms with Gasteiger partial charge in [-0.15, -0.1) is 17.9 Å². The van der Waals surface area contributed by atoms with Gasteiger partial charge in [-0.3, -0.25) is 14.7 Å². The number of pyridine rings is 1. The molecule has 1 aliphatic rings. The second kappa shape index (κ2) is 6.67. The first-order valence-electron chi connectivity index (χ1n) is 6.48. The maximum absolute atomic E-state index is 12.5. The number of hydrogen-bond acceptors (Lipinski definition) is 6. The standard InChI is InChI=1S/C15H12N4OS2/c1-2-7-19-13(20)12(9-11-4-3-5-16-10-11)22-15(19)18-14-17-6-8-21-14/h2-6,8-10H,1,7H2/b12-9-,18-15+. The third-order valence-electron chi connectivity index (χ3n) is 2.79. The van der Waals surface area contributed by atoms with E-state index in [9.17, 15) is 4.79 Å². The van der Waals surface area contributed by atoms with Crippen LogP contribution in [0.15, 0.2) is 58.7 Å². The Labute approximate surface area is 136 Å². The first-order chi connectivity index (χ1) is 10.8. The summed E-state index contributed by atoms with van der Waals surface area (Å²) < 4.78 is 0. The van der Waals surface area contributed by atoms with Crippen LogP contribution in [-0.2, 0) is 4.79 Å². The van der Waals surface area contributed by atoms with Crippen molar-refractivity contribution >= 4 is 45.4 Å². The van der Waals surface area contributed by atoms with Gasteiger partial charge in [0, 0.05) is 30.5 Å². The highest BCUT2D eigenvalue weighted by atomic mass is 32.2. The van der Waals surface area contributed by atoms with Crippen molar-refractivity contribution in [3.8, 4) is 0 Å². The summed E-state index contributed by atoms with van der Waals surface area (Å²) in [5, 5.41) is 3.10. The van der Waals surface area contributed by atoms with Crippen LogP contribution in [0.1, 0.15) is 5.56 Å². The minimum absolute atomic E-state index is 0.0796. The molecule has 1 aliphatic heterocycles. The molecule has 22 heavy (non-hydrogen) atoms. The van der Waals surface area contributed by atoms with E-state index < -0.39 is 0 Å². The fourth-order valence-electron chi connectivity index (χ4n) is 1.85. The highest BCUT2D eigenvalue weighted by Gasteiger charge is 2.32. The molecule has 110 valence electrons. The molecule has 0 N–H and O–H groups in total. The minimum atomic E-state index is -0.0796. The second-order valence-electron chi connectivity index (χ2n) is 4.31. The number of hydrogen-bond donors (Lipinski definition) is 0. The van der Waals surface area contributed by atoms with E-state index >= 15 is 0 Å². The largest absolute Gasteiger partial charge is 0.282 e. The summed E-state index contributed by atoms with van der Waals surface area (Å²) in [5.74, 6) is -0.0796. The van der Waals surface area contributed by atoms with Gasteiger partial charge in [0.2, 0.25) is 5.13 Å². The fraction of sp³-hybridized carbons (Fsp3) is 0.0667. The van der Waals surface area contributed by atoms with Crippen molar-refractivity contribution in [2.45, 2.75) is 0 Å². The van der Waals surface area contributed by atoms with Crippen LogP contribution in [-0.4, -0.2) is 32.5 Å². The van der Waals surface area contributed by atoms with Crippen LogP contribution in [0, 0.1) is 0 Å². The van der Waals surface area contributed by atoms with Gasteiger partial charge >= 0.3 is 0 Å². The van der Waals surface area contributed by atoms with E-state index in [0.717, 1.165) is 5.56 Å². The maximum Gasteiger partial charge on any atom is 0.267 e. The Kier molecular flexibility index (Phi) is 4.45. The molecule has 3 rings (SSSR count). The third-order valence-corrected chi connectivity index (χ3v) is 4.46. The first kappa shape index (κ1) is 14.7. The molecular formula is C15H12N4OS2. The summed E-state index contributed by atoms with van der Waals surface area (Å²) in [7, 11) is 0. The van der Waals surface area contributed by atoms with Crippen molar-refractivity contribution in [1.82, 2.24) is 14.9 Å². The zero-order valence-corrected chi connectivity index (χ0v) is 13.2. The Hall–Kier alpha value is -2.25. The van der Waals surface area contributed by atoms with Gasteiger partial charge in [-0.05, 0) is 29.5 Å². The van der Waals surface area contributed by atoms with Crippen molar-refractivity contribution in [1.29, 1.82) is 0 Å². The van der Waals surface area contributed by atoms with E-state index in [2.05, 4.69) is 21.5 Å². The summed E-state index contributed by atoms with van der Waals surface area (Å²) in [6, 6.07) is 3.74. The molecule has 5 nitrogen and oxygen atoms in total. The van der Waals surface area contributed by atoms with Gasteiger partial charge in [0.1, 0.15) is 0 Å². The molecule has 0 spiro atoms. The number of rotatable bonds is 4. The number of amidine groups is 1. The predicted molar refractivity (Wildman–Crippen MR) is 90.9 cm³/mol. The summed E-state index contributed by atoms with van der Waals surface area (Å²) >= 11 is 2.77. The van der Waals surface area contributed by atoms with Crippen molar-refractivity contribution in [2.24, 2.45) is 4.99 Å². The molecular weight excluding hydrogens is 316 g/mol. The molecule has 0 unspecified atom stereocenters. The third kappa shape index (κ3) is 3.15. The van der Waals surface area contributed by atoms with Crippen LogP contribution in [0.3, 0.4) is 0 Å². The molecule has 0 aliphatic carbocycles. The molecule has 3 heterocycles. The Balaban J connectivity index is 1.93. The molecule has 1 amide bonds. The molecule has 2 aromatic heterocycles. The average molecular weight is 328 g/mol. The van der Waals surface area contributed by atoms with Gasteiger partial charge in [0.15, 0.2) is 5.17 Å². The van der Waals surface area contributed by atoms with Crippen molar-refractivity contribution in [3.05, 3.63) is 59.2 Å². The number of thioether (sulfide) groups is 1. The molecule has 0 saturated carbocycles. The molecule has 1 saturated heterocycles. The van der Waals surface area contributed by atoms with Gasteiger partial charge in [-0.2, -0.15) is 4.99 Å². The minimum Gasteiger partial charge on any atom is -0.282 e. The van der Waals surface area contributed by atoms with Gasteiger partial charge in [-0.25, -0.2) is 4.98 Å². The molecule has 0 bridgehead atoms. The van der Waals surface area contributed by atoms with Crippen LogP contribution in [0.5, 0.6) is 0 Å². The predicted octanol–water partition coefficient (Wildman–Crippen LogP) is 3.33. The highest BCUT2D eigenvalue weighted by Crippen LogP contribution is 2.34. The molecule has 0 radical (unpaired) electrons. The van der Waals surface area contributed by atoms with E-state index in [0.29, 0.717) is 21.7 Å². The van der Waals surface area contributed by atoms with Crippen molar-refractivity contribution in [2.75, 3.05) is 6.54 Å². The quantitative estimate of drug-likeness (QED) is 0.638. The van der Waals surface area contributed by atoms with Crippen LogP contribution in [0.2, 0.25) is 0 Å². The van der Waals surface area contributed by atoms with Gasteiger partial charge in [-0.1, -0.05) is 12.1 Å². The zero-order valence-electron chi connectivity index (χ0n) is 11.5. The second-order valence-corrected chi connectivity index (χ2v) is 6.19. The normalized spacial score (nSPS) is 18.4. The lowest BCUT2D eigenvalue weighted by atomic mass is 10.2. The number of nitrogens with zero attached hydrogens (tertiary/aromatic N) is 4. The number of carbonyl (C=O) groups is 1. The Bertz CT molecular complexity index is 738. The Morgan fingerprint density at radius 1 is 1.41 bits per heavy atom. The summed E-state index contributed by atoms with van der Waals surface area (Å²) in [6.07, 6.45) is 8.61. The summed E-state index contributed by atoms with van der Waals surface area (Å²) in [5.41, 5.74) is 0.882. The van der Waals surface area contributed by atoms with Gasteiger partial charge < -0.3 is 0 Å². The van der Waals surface area contributed by atoms with Crippen LogP contribution in [0.4, 0.5) is 5.13 Å². The van der Waals surface area contributed by atoms with Gasteiger partial charge in [0.25, 0.3) is 5.91 Å². The van der Waals surface area contributed by atoms with E-state index in [1.807, 2.05) is 23.6 Å². The lowest BCUT2D eigenvalue weighted by molar-refractivity contribution is -0.121. The number of amides is 1. The summed E-state index contributed by atoms with van der Waals surface area (Å²) in [4.78, 5) is 27.4. The zero-order chi connectivity index (χ0) is 15.4. The maximum atomic E-state index is 12.5. The lowest BCUT2D eigenvalue weighted by Gasteiger charge is -2.11. The van der Waals surface area contributed by atoms with Crippen molar-refractivity contribution in [3.63, 3.8) is 0 Å². The molecule has 0 atom stereocenters. The molecule has 0 aromatic carbocycles. The Morgan fingerprint density at radius 2 is 2.32 bits per heavy atom. The van der Waals surface area contributed by atoms with E-state index in [-0.39, 0.29) is 5.91 Å². The van der Waals surface area contributed by atoms with Crippen LogP contribution < -0.4 is 0 Å². The smallest absolute Gasteiger partial charge is 0.267 e. The number of aliphatic imine (C=N–C) groups is 1. The first-order valence-corrected chi connectivity index (χ1v) is 8.18. The number of thiazole rings is 1. The molecule has 1 fully saturated rings. The lowest BCUT2D eigenvalue weighted by Crippen LogP contribution is -2.29. The molecule has 2 aromatic rings. The monoisotopic (exact) mass is 328 g/mol. The number of aromatic nitrogens is 2. The topological polar surface area (TPSA) is 58.5 Å². The van der Waals surface area contributed by atoms with Crippen LogP contribution >= 0.6 is 23.1 Å². The molecule has 7 heteroatoms. The fourth-order valence-corrected chi connectivity index (χ4v) is 3.40. The van der Waals surface area contributed by atoms with E-state index in [4.69, 9.17) is 0 Å². The SMILES string of the molecule is C=CCN1C(=O)/C(=C/c2cccnc2)S/C1=N/c1nccs1. The Morgan fingerprint density at radius 3 is 3.00 bits per heavy atom. The summed E-state index contributed by atoms with van der Waals surface area (Å²) in [6.45, 7) is 4.12.